The highest BCUT2D eigenvalue weighted by atomic mass is 32.2. The molecular weight excluding hydrogens is 230 g/mol. The van der Waals surface area contributed by atoms with E-state index in [1.54, 1.807) is 11.8 Å². The van der Waals surface area contributed by atoms with Gasteiger partial charge in [-0.25, -0.2) is 4.98 Å². The first kappa shape index (κ1) is 12.0. The Bertz CT molecular complexity index is 395. The lowest BCUT2D eigenvalue weighted by Gasteiger charge is -1.95. The highest BCUT2D eigenvalue weighted by Gasteiger charge is 2.11. The lowest BCUT2D eigenvalue weighted by Crippen LogP contribution is -2.06. The molecule has 0 radical (unpaired) electrons. The van der Waals surface area contributed by atoms with Crippen LogP contribution in [-0.2, 0) is 4.79 Å². The fourth-order valence-electron chi connectivity index (χ4n) is 0.879. The van der Waals surface area contributed by atoms with Gasteiger partial charge >= 0.3 is 0 Å². The molecule has 0 saturated carbocycles. The minimum Gasteiger partial charge on any atom is -0.309 e. The van der Waals surface area contributed by atoms with Crippen molar-refractivity contribution < 1.29 is 4.79 Å². The van der Waals surface area contributed by atoms with Gasteiger partial charge < -0.3 is 5.32 Å². The van der Waals surface area contributed by atoms with Crippen LogP contribution in [0.5, 0.6) is 0 Å². The van der Waals surface area contributed by atoms with Gasteiger partial charge in [0.25, 0.3) is 0 Å². The van der Waals surface area contributed by atoms with Crippen LogP contribution in [0.2, 0.25) is 0 Å². The zero-order valence-corrected chi connectivity index (χ0v) is 10.2. The maximum atomic E-state index is 10.8. The molecule has 0 bridgehead atoms. The van der Waals surface area contributed by atoms with E-state index in [0.717, 1.165) is 16.5 Å². The molecule has 80 valence electrons. The molecule has 1 N–H and O–H groups in total. The number of carbonyl (C=O) groups is 1. The summed E-state index contributed by atoms with van der Waals surface area (Å²) >= 11 is 2.92. The molecule has 1 aromatic rings. The second-order valence-corrected chi connectivity index (χ2v) is 5.14. The minimum absolute atomic E-state index is 0.205. The Kier molecular flexibility index (Phi) is 4.59. The van der Waals surface area contributed by atoms with E-state index in [0.29, 0.717) is 10.7 Å². The average Bonchev–Trinajstić information content (AvgIpc) is 2.56. The molecule has 1 aromatic heterocycles. The Morgan fingerprint density at radius 1 is 1.73 bits per heavy atom. The van der Waals surface area contributed by atoms with E-state index in [9.17, 15) is 4.79 Å². The van der Waals surface area contributed by atoms with E-state index in [1.807, 2.05) is 6.07 Å². The van der Waals surface area contributed by atoms with Crippen LogP contribution < -0.4 is 5.32 Å². The largest absolute Gasteiger partial charge is 0.309 e. The summed E-state index contributed by atoms with van der Waals surface area (Å²) in [5, 5.41) is 11.4. The zero-order valence-electron chi connectivity index (χ0n) is 8.53. The summed E-state index contributed by atoms with van der Waals surface area (Å²) in [6.07, 6.45) is 1.06. The second-order valence-electron chi connectivity index (χ2n) is 2.80. The average molecular weight is 241 g/mol. The molecular formula is C9H11N3OS2. The van der Waals surface area contributed by atoms with Crippen LogP contribution in [0.15, 0.2) is 4.34 Å². The molecule has 0 unspecified atom stereocenters. The van der Waals surface area contributed by atoms with Crippen LogP contribution in [-0.4, -0.2) is 16.6 Å². The number of anilines is 1. The molecule has 15 heavy (non-hydrogen) atoms. The van der Waals surface area contributed by atoms with Crippen LogP contribution in [0.1, 0.15) is 25.1 Å². The number of nitrogens with one attached hydrogen (secondary N) is 1. The quantitative estimate of drug-likeness (QED) is 0.822. The van der Waals surface area contributed by atoms with E-state index in [2.05, 4.69) is 17.2 Å². The molecule has 0 fully saturated rings. The van der Waals surface area contributed by atoms with Crippen LogP contribution in [0, 0.1) is 11.3 Å². The number of carbonyl (C=O) groups excluding carboxylic acids is 1. The highest BCUT2D eigenvalue weighted by molar-refractivity contribution is 8.01. The molecule has 0 aliphatic heterocycles. The lowest BCUT2D eigenvalue weighted by atomic mass is 10.5. The van der Waals surface area contributed by atoms with Crippen molar-refractivity contribution in [1.29, 1.82) is 5.26 Å². The molecule has 0 atom stereocenters. The summed E-state index contributed by atoms with van der Waals surface area (Å²) in [6, 6.07) is 2.03. The van der Waals surface area contributed by atoms with Gasteiger partial charge in [0.15, 0.2) is 10.2 Å². The molecule has 1 rings (SSSR count). The molecule has 1 heterocycles. The smallest absolute Gasteiger partial charge is 0.222 e. The van der Waals surface area contributed by atoms with Crippen molar-refractivity contribution in [2.45, 2.75) is 24.6 Å². The predicted molar refractivity (Wildman–Crippen MR) is 62.1 cm³/mol. The maximum absolute atomic E-state index is 10.8. The Balaban J connectivity index is 2.81. The third-order valence-corrected chi connectivity index (χ3v) is 3.74. The van der Waals surface area contributed by atoms with Gasteiger partial charge in [0.2, 0.25) is 5.91 Å². The fourth-order valence-corrected chi connectivity index (χ4v) is 2.70. The van der Waals surface area contributed by atoms with Crippen LogP contribution in [0.4, 0.5) is 5.82 Å². The Morgan fingerprint density at radius 3 is 3.00 bits per heavy atom. The van der Waals surface area contributed by atoms with Crippen LogP contribution in [0.25, 0.3) is 0 Å². The van der Waals surface area contributed by atoms with E-state index < -0.39 is 0 Å². The molecule has 0 aromatic carbocycles. The number of rotatable bonds is 4. The Hall–Kier alpha value is -1.06. The summed E-state index contributed by atoms with van der Waals surface area (Å²) in [4.78, 5) is 15.5. The molecule has 0 saturated heterocycles. The standard InChI is InChI=1S/C9H11N3OS2/c1-3-4-14-9-12-8(11-6(2)13)7(5-10)15-9/h3-4H2,1-2H3,(H,11,13). The van der Waals surface area contributed by atoms with Gasteiger partial charge in [-0.05, 0) is 6.42 Å². The van der Waals surface area contributed by atoms with Gasteiger partial charge in [-0.15, -0.1) is 0 Å². The van der Waals surface area contributed by atoms with Crippen molar-refractivity contribution in [3.63, 3.8) is 0 Å². The first-order valence-corrected chi connectivity index (χ1v) is 6.29. The molecule has 0 spiro atoms. The van der Waals surface area contributed by atoms with Crippen molar-refractivity contribution in [3.8, 4) is 6.07 Å². The summed E-state index contributed by atoms with van der Waals surface area (Å²) in [6.45, 7) is 3.49. The normalized spacial score (nSPS) is 9.67. The van der Waals surface area contributed by atoms with E-state index >= 15 is 0 Å². The summed E-state index contributed by atoms with van der Waals surface area (Å²) < 4.78 is 0.831. The van der Waals surface area contributed by atoms with Crippen molar-refractivity contribution >= 4 is 34.8 Å². The first-order chi connectivity index (χ1) is 7.17. The summed E-state index contributed by atoms with van der Waals surface area (Å²) in [5.74, 6) is 1.15. The first-order valence-electron chi connectivity index (χ1n) is 4.48. The molecule has 4 nitrogen and oxygen atoms in total. The van der Waals surface area contributed by atoms with Crippen LogP contribution in [0.3, 0.4) is 0 Å². The Morgan fingerprint density at radius 2 is 2.47 bits per heavy atom. The third-order valence-electron chi connectivity index (χ3n) is 1.43. The van der Waals surface area contributed by atoms with E-state index in [1.165, 1.54) is 18.3 Å². The van der Waals surface area contributed by atoms with Gasteiger partial charge in [0, 0.05) is 12.7 Å². The number of nitriles is 1. The van der Waals surface area contributed by atoms with Gasteiger partial charge in [-0.1, -0.05) is 30.0 Å². The molecule has 0 aliphatic carbocycles. The number of hydrogen-bond acceptors (Lipinski definition) is 5. The molecule has 6 heteroatoms. The van der Waals surface area contributed by atoms with Gasteiger partial charge in [0.05, 0.1) is 0 Å². The lowest BCUT2D eigenvalue weighted by molar-refractivity contribution is -0.114. The number of thiazole rings is 1. The number of hydrogen-bond donors (Lipinski definition) is 1. The topological polar surface area (TPSA) is 65.8 Å². The van der Waals surface area contributed by atoms with E-state index in [-0.39, 0.29) is 5.91 Å². The van der Waals surface area contributed by atoms with Gasteiger partial charge in [0.1, 0.15) is 10.9 Å². The number of aromatic nitrogens is 1. The number of amides is 1. The number of nitrogens with zero attached hydrogens (tertiary/aromatic N) is 2. The van der Waals surface area contributed by atoms with E-state index in [4.69, 9.17) is 5.26 Å². The SMILES string of the molecule is CCCSc1nc(NC(C)=O)c(C#N)s1. The minimum atomic E-state index is -0.205. The number of thioether (sulfide) groups is 1. The monoisotopic (exact) mass is 241 g/mol. The third kappa shape index (κ3) is 3.53. The molecule has 0 aliphatic rings. The highest BCUT2D eigenvalue weighted by Crippen LogP contribution is 2.30. The van der Waals surface area contributed by atoms with Crippen molar-refractivity contribution in [3.05, 3.63) is 4.88 Å². The van der Waals surface area contributed by atoms with Crippen LogP contribution >= 0.6 is 23.1 Å². The van der Waals surface area contributed by atoms with Gasteiger partial charge in [-0.2, -0.15) is 5.26 Å². The van der Waals surface area contributed by atoms with Gasteiger partial charge in [-0.3, -0.25) is 4.79 Å². The second kappa shape index (κ2) is 5.73. The van der Waals surface area contributed by atoms with Crippen molar-refractivity contribution in [2.24, 2.45) is 0 Å². The fraction of sp³-hybridized carbons (Fsp3) is 0.444. The summed E-state index contributed by atoms with van der Waals surface area (Å²) in [7, 11) is 0. The maximum Gasteiger partial charge on any atom is 0.222 e. The van der Waals surface area contributed by atoms with Crippen molar-refractivity contribution in [1.82, 2.24) is 4.98 Å². The zero-order chi connectivity index (χ0) is 11.3. The predicted octanol–water partition coefficient (Wildman–Crippen LogP) is 2.48. The van der Waals surface area contributed by atoms with Crippen molar-refractivity contribution in [2.75, 3.05) is 11.1 Å². The summed E-state index contributed by atoms with van der Waals surface area (Å²) in [5.41, 5.74) is 0. The molecule has 1 amide bonds. The Labute approximate surface area is 96.7 Å².